The molecule has 0 bridgehead atoms. The molecule has 2 aliphatic carbocycles. The highest BCUT2D eigenvalue weighted by atomic mass is 14.4. The Hall–Kier alpha value is -4.42. The van der Waals surface area contributed by atoms with E-state index < -0.39 is 0 Å². The summed E-state index contributed by atoms with van der Waals surface area (Å²) in [6.45, 7) is 11.8. The predicted molar refractivity (Wildman–Crippen MR) is 175 cm³/mol. The van der Waals surface area contributed by atoms with Gasteiger partial charge < -0.3 is 0 Å². The number of benzene rings is 6. The van der Waals surface area contributed by atoms with Crippen LogP contribution in [-0.4, -0.2) is 0 Å². The second kappa shape index (κ2) is 8.30. The Bertz CT molecular complexity index is 2050. The van der Waals surface area contributed by atoms with Gasteiger partial charge in [-0.2, -0.15) is 0 Å². The first kappa shape index (κ1) is 24.4. The Labute approximate surface area is 243 Å². The van der Waals surface area contributed by atoms with Gasteiger partial charge in [0, 0.05) is 10.8 Å². The van der Waals surface area contributed by atoms with Crippen LogP contribution >= 0.6 is 0 Å². The van der Waals surface area contributed by atoms with Gasteiger partial charge in [0.05, 0.1) is 0 Å². The maximum Gasteiger partial charge on any atom is 0.0159 e. The van der Waals surface area contributed by atoms with Crippen LogP contribution in [-0.2, 0) is 10.8 Å². The summed E-state index contributed by atoms with van der Waals surface area (Å²) in [7, 11) is 0. The Kier molecular flexibility index (Phi) is 4.94. The van der Waals surface area contributed by atoms with Crippen molar-refractivity contribution in [1.82, 2.24) is 0 Å². The minimum atomic E-state index is -0.0757. The van der Waals surface area contributed by atoms with Crippen molar-refractivity contribution >= 4 is 10.8 Å². The summed E-state index contributed by atoms with van der Waals surface area (Å²) in [5.74, 6) is 0. The first-order valence-electron chi connectivity index (χ1n) is 14.8. The van der Waals surface area contributed by atoms with Gasteiger partial charge in [-0.05, 0) is 108 Å². The quantitative estimate of drug-likeness (QED) is 0.210. The Morgan fingerprint density at radius 2 is 0.854 bits per heavy atom. The van der Waals surface area contributed by atoms with Crippen LogP contribution in [0.4, 0.5) is 0 Å². The van der Waals surface area contributed by atoms with E-state index in [1.807, 2.05) is 0 Å². The molecule has 8 rings (SSSR count). The first-order chi connectivity index (χ1) is 19.7. The highest BCUT2D eigenvalue weighted by molar-refractivity contribution is 5.93. The van der Waals surface area contributed by atoms with Crippen LogP contribution in [0.15, 0.2) is 115 Å². The molecular weight excluding hydrogens is 492 g/mol. The molecule has 6 aromatic rings. The van der Waals surface area contributed by atoms with E-state index >= 15 is 0 Å². The van der Waals surface area contributed by atoms with Crippen molar-refractivity contribution < 1.29 is 0 Å². The standard InChI is InChI=1S/C41H34/c1-25-30-11-7-6-10-26(30)14-18-31(25)29-17-21-35-34-20-16-28(23-38(34)41(4,5)39(35)24-29)27-15-19-33-32-12-8-9-13-36(32)40(2,3)37(33)22-27/h6-24H,1-5H3. The molecular formula is C41H34. The maximum absolute atomic E-state index is 2.45. The molecule has 0 aliphatic heterocycles. The molecule has 0 atom stereocenters. The first-order valence-corrected chi connectivity index (χ1v) is 14.8. The van der Waals surface area contributed by atoms with E-state index in [4.69, 9.17) is 0 Å². The lowest BCUT2D eigenvalue weighted by atomic mass is 9.80. The molecule has 0 fully saturated rings. The van der Waals surface area contributed by atoms with Crippen LogP contribution in [0.5, 0.6) is 0 Å². The summed E-state index contributed by atoms with van der Waals surface area (Å²) in [4.78, 5) is 0. The van der Waals surface area contributed by atoms with E-state index in [1.54, 1.807) is 0 Å². The zero-order valence-corrected chi connectivity index (χ0v) is 24.5. The molecule has 0 heteroatoms. The molecule has 0 heterocycles. The van der Waals surface area contributed by atoms with E-state index in [9.17, 15) is 0 Å². The zero-order valence-electron chi connectivity index (χ0n) is 24.5. The van der Waals surface area contributed by atoms with Gasteiger partial charge in [-0.3, -0.25) is 0 Å². The third kappa shape index (κ3) is 3.34. The molecule has 0 aromatic heterocycles. The number of fused-ring (bicyclic) bond motifs is 7. The molecule has 0 N–H and O–H groups in total. The van der Waals surface area contributed by atoms with Crippen molar-refractivity contribution in [1.29, 1.82) is 0 Å². The van der Waals surface area contributed by atoms with Gasteiger partial charge in [0.1, 0.15) is 0 Å². The van der Waals surface area contributed by atoms with Crippen molar-refractivity contribution in [2.75, 3.05) is 0 Å². The highest BCUT2D eigenvalue weighted by Crippen LogP contribution is 2.52. The summed E-state index contributed by atoms with van der Waals surface area (Å²) in [6, 6.07) is 43.5. The van der Waals surface area contributed by atoms with E-state index in [1.165, 1.54) is 83.1 Å². The molecule has 0 amide bonds. The average molecular weight is 527 g/mol. The average Bonchev–Trinajstić information content (AvgIpc) is 3.36. The molecule has 198 valence electrons. The van der Waals surface area contributed by atoms with Crippen molar-refractivity contribution in [2.45, 2.75) is 45.4 Å². The largest absolute Gasteiger partial charge is 0.0619 e. The van der Waals surface area contributed by atoms with Crippen molar-refractivity contribution in [3.8, 4) is 44.5 Å². The van der Waals surface area contributed by atoms with Gasteiger partial charge in [0.2, 0.25) is 0 Å². The minimum absolute atomic E-state index is 0.00542. The van der Waals surface area contributed by atoms with Gasteiger partial charge in [-0.15, -0.1) is 0 Å². The fraction of sp³-hybridized carbons (Fsp3) is 0.171. The monoisotopic (exact) mass is 526 g/mol. The van der Waals surface area contributed by atoms with Gasteiger partial charge in [0.25, 0.3) is 0 Å². The topological polar surface area (TPSA) is 0 Å². The van der Waals surface area contributed by atoms with Crippen LogP contribution in [0.25, 0.3) is 55.3 Å². The summed E-state index contributed by atoms with van der Waals surface area (Å²) in [5, 5.41) is 2.63. The third-order valence-electron chi connectivity index (χ3n) is 10.1. The van der Waals surface area contributed by atoms with Crippen molar-refractivity contribution in [2.24, 2.45) is 0 Å². The normalized spacial score (nSPS) is 15.3. The van der Waals surface area contributed by atoms with Crippen LogP contribution < -0.4 is 0 Å². The second-order valence-electron chi connectivity index (χ2n) is 13.0. The number of hydrogen-bond donors (Lipinski definition) is 0. The van der Waals surface area contributed by atoms with E-state index in [0.717, 1.165) is 0 Å². The van der Waals surface area contributed by atoms with E-state index in [2.05, 4.69) is 150 Å². The number of aryl methyl sites for hydroxylation is 1. The lowest BCUT2D eigenvalue weighted by molar-refractivity contribution is 0.659. The summed E-state index contributed by atoms with van der Waals surface area (Å²) in [5.41, 5.74) is 17.7. The van der Waals surface area contributed by atoms with Crippen LogP contribution in [0, 0.1) is 6.92 Å². The fourth-order valence-electron chi connectivity index (χ4n) is 7.71. The van der Waals surface area contributed by atoms with Crippen LogP contribution in [0.1, 0.15) is 55.5 Å². The van der Waals surface area contributed by atoms with Crippen molar-refractivity contribution in [3.05, 3.63) is 143 Å². The predicted octanol–water partition coefficient (Wildman–Crippen LogP) is 11.1. The van der Waals surface area contributed by atoms with Crippen LogP contribution in [0.2, 0.25) is 0 Å². The Morgan fingerprint density at radius 1 is 0.390 bits per heavy atom. The lowest BCUT2D eigenvalue weighted by Gasteiger charge is -2.24. The number of hydrogen-bond acceptors (Lipinski definition) is 0. The summed E-state index contributed by atoms with van der Waals surface area (Å²) >= 11 is 0. The SMILES string of the molecule is Cc1c(-c2ccc3c(c2)C(C)(C)c2cc(-c4ccc5c(c4)C(C)(C)c4ccccc4-5)ccc2-3)ccc2ccccc12. The minimum Gasteiger partial charge on any atom is -0.0619 e. The second-order valence-corrected chi connectivity index (χ2v) is 13.0. The molecule has 0 unspecified atom stereocenters. The van der Waals surface area contributed by atoms with E-state index in [-0.39, 0.29) is 10.8 Å². The molecule has 41 heavy (non-hydrogen) atoms. The van der Waals surface area contributed by atoms with E-state index in [0.29, 0.717) is 0 Å². The van der Waals surface area contributed by atoms with Gasteiger partial charge in [-0.1, -0.05) is 125 Å². The molecule has 0 nitrogen and oxygen atoms in total. The molecule has 0 spiro atoms. The summed E-state index contributed by atoms with van der Waals surface area (Å²) < 4.78 is 0. The maximum atomic E-state index is 2.45. The van der Waals surface area contributed by atoms with Crippen LogP contribution in [0.3, 0.4) is 0 Å². The molecule has 0 saturated heterocycles. The Balaban J connectivity index is 1.21. The van der Waals surface area contributed by atoms with Gasteiger partial charge in [-0.25, -0.2) is 0 Å². The summed E-state index contributed by atoms with van der Waals surface area (Å²) in [6.07, 6.45) is 0. The lowest BCUT2D eigenvalue weighted by Crippen LogP contribution is -2.15. The Morgan fingerprint density at radius 3 is 1.51 bits per heavy atom. The molecule has 6 aromatic carbocycles. The highest BCUT2D eigenvalue weighted by Gasteiger charge is 2.37. The van der Waals surface area contributed by atoms with Gasteiger partial charge >= 0.3 is 0 Å². The van der Waals surface area contributed by atoms with Crippen molar-refractivity contribution in [3.63, 3.8) is 0 Å². The van der Waals surface area contributed by atoms with Gasteiger partial charge in [0.15, 0.2) is 0 Å². The smallest absolute Gasteiger partial charge is 0.0159 e. The molecule has 2 aliphatic rings. The third-order valence-corrected chi connectivity index (χ3v) is 10.1. The zero-order chi connectivity index (χ0) is 28.1. The number of rotatable bonds is 2. The molecule has 0 saturated carbocycles. The molecule has 0 radical (unpaired) electrons. The fourth-order valence-corrected chi connectivity index (χ4v) is 7.71.